The highest BCUT2D eigenvalue weighted by atomic mass is 127. The van der Waals surface area contributed by atoms with Gasteiger partial charge in [-0.2, -0.15) is 5.10 Å². The van der Waals surface area contributed by atoms with Crippen LogP contribution < -0.4 is 5.43 Å². The molecule has 0 unspecified atom stereocenters. The molecule has 0 aliphatic heterocycles. The average molecular weight is 354 g/mol. The SMILES string of the molecule is Cc1ccc(C(=O)N/N=C\c2ccc(I)cc2)o1. The van der Waals surface area contributed by atoms with Crippen LogP contribution in [0.25, 0.3) is 0 Å². The summed E-state index contributed by atoms with van der Waals surface area (Å²) in [6.45, 7) is 1.78. The minimum Gasteiger partial charge on any atom is -0.456 e. The number of hydrogen-bond acceptors (Lipinski definition) is 3. The highest BCUT2D eigenvalue weighted by molar-refractivity contribution is 14.1. The van der Waals surface area contributed by atoms with Gasteiger partial charge in [0.05, 0.1) is 6.21 Å². The van der Waals surface area contributed by atoms with Crippen LogP contribution in [0.15, 0.2) is 45.9 Å². The molecule has 5 heteroatoms. The van der Waals surface area contributed by atoms with E-state index in [2.05, 4.69) is 33.1 Å². The standard InChI is InChI=1S/C13H11IN2O2/c1-9-2-7-12(18-9)13(17)16-15-8-10-3-5-11(14)6-4-10/h2-8H,1H3,(H,16,17)/b15-8-. The van der Waals surface area contributed by atoms with Crippen molar-refractivity contribution in [1.82, 2.24) is 5.43 Å². The quantitative estimate of drug-likeness (QED) is 0.524. The van der Waals surface area contributed by atoms with Crippen molar-refractivity contribution in [3.8, 4) is 0 Å². The van der Waals surface area contributed by atoms with Gasteiger partial charge in [0.15, 0.2) is 5.76 Å². The van der Waals surface area contributed by atoms with E-state index >= 15 is 0 Å². The van der Waals surface area contributed by atoms with Crippen LogP contribution in [-0.4, -0.2) is 12.1 Å². The summed E-state index contributed by atoms with van der Waals surface area (Å²) in [5.74, 6) is 0.596. The number of furan rings is 1. The molecule has 0 radical (unpaired) electrons. The molecule has 1 N–H and O–H groups in total. The highest BCUT2D eigenvalue weighted by Crippen LogP contribution is 2.06. The maximum atomic E-state index is 11.6. The van der Waals surface area contributed by atoms with Crippen molar-refractivity contribution in [1.29, 1.82) is 0 Å². The first kappa shape index (κ1) is 12.8. The lowest BCUT2D eigenvalue weighted by atomic mass is 10.2. The normalized spacial score (nSPS) is 10.8. The fraction of sp³-hybridized carbons (Fsp3) is 0.0769. The Balaban J connectivity index is 1.95. The molecule has 92 valence electrons. The van der Waals surface area contributed by atoms with Crippen molar-refractivity contribution in [3.63, 3.8) is 0 Å². The predicted molar refractivity (Wildman–Crippen MR) is 77.7 cm³/mol. The Morgan fingerprint density at radius 1 is 1.28 bits per heavy atom. The molecule has 1 amide bonds. The van der Waals surface area contributed by atoms with E-state index in [0.717, 1.165) is 9.13 Å². The number of aryl methyl sites for hydroxylation is 1. The van der Waals surface area contributed by atoms with Gasteiger partial charge in [0.2, 0.25) is 0 Å². The van der Waals surface area contributed by atoms with E-state index in [1.54, 1.807) is 25.3 Å². The van der Waals surface area contributed by atoms with E-state index in [4.69, 9.17) is 4.42 Å². The summed E-state index contributed by atoms with van der Waals surface area (Å²) in [6, 6.07) is 11.1. The molecule has 1 aromatic carbocycles. The number of halogens is 1. The number of carbonyl (C=O) groups excluding carboxylic acids is 1. The number of hydrogen-bond donors (Lipinski definition) is 1. The number of carbonyl (C=O) groups is 1. The molecule has 0 fully saturated rings. The Labute approximate surface area is 118 Å². The summed E-state index contributed by atoms with van der Waals surface area (Å²) in [6.07, 6.45) is 1.59. The zero-order valence-electron chi connectivity index (χ0n) is 9.68. The molecule has 2 aromatic rings. The van der Waals surface area contributed by atoms with Gasteiger partial charge in [0, 0.05) is 3.57 Å². The van der Waals surface area contributed by atoms with Crippen molar-refractivity contribution in [2.24, 2.45) is 5.10 Å². The first-order valence-corrected chi connectivity index (χ1v) is 6.38. The maximum Gasteiger partial charge on any atom is 0.307 e. The van der Waals surface area contributed by atoms with Gasteiger partial charge in [-0.05, 0) is 59.3 Å². The Bertz CT molecular complexity index is 573. The third kappa shape index (κ3) is 3.43. The monoisotopic (exact) mass is 354 g/mol. The topological polar surface area (TPSA) is 54.6 Å². The fourth-order valence-corrected chi connectivity index (χ4v) is 1.69. The number of rotatable bonds is 3. The van der Waals surface area contributed by atoms with Gasteiger partial charge in [0.1, 0.15) is 5.76 Å². The molecule has 1 heterocycles. The smallest absolute Gasteiger partial charge is 0.307 e. The van der Waals surface area contributed by atoms with Crippen LogP contribution in [0.4, 0.5) is 0 Å². The highest BCUT2D eigenvalue weighted by Gasteiger charge is 2.07. The zero-order chi connectivity index (χ0) is 13.0. The van der Waals surface area contributed by atoms with Gasteiger partial charge >= 0.3 is 5.91 Å². The van der Waals surface area contributed by atoms with Gasteiger partial charge in [-0.1, -0.05) is 12.1 Å². The minimum atomic E-state index is -0.357. The van der Waals surface area contributed by atoms with E-state index in [-0.39, 0.29) is 11.7 Å². The number of nitrogens with zero attached hydrogens (tertiary/aromatic N) is 1. The lowest BCUT2D eigenvalue weighted by molar-refractivity contribution is 0.0926. The van der Waals surface area contributed by atoms with Gasteiger partial charge < -0.3 is 4.42 Å². The Hall–Kier alpha value is -1.63. The van der Waals surface area contributed by atoms with Crippen molar-refractivity contribution >= 4 is 34.7 Å². The van der Waals surface area contributed by atoms with Crippen LogP contribution in [0.3, 0.4) is 0 Å². The van der Waals surface area contributed by atoms with E-state index in [9.17, 15) is 4.79 Å². The minimum absolute atomic E-state index is 0.257. The van der Waals surface area contributed by atoms with Crippen molar-refractivity contribution in [2.45, 2.75) is 6.92 Å². The first-order valence-electron chi connectivity index (χ1n) is 5.30. The van der Waals surface area contributed by atoms with E-state index in [1.165, 1.54) is 0 Å². The summed E-state index contributed by atoms with van der Waals surface area (Å²) in [5, 5.41) is 3.87. The molecular weight excluding hydrogens is 343 g/mol. The molecule has 0 saturated heterocycles. The van der Waals surface area contributed by atoms with Gasteiger partial charge in [-0.25, -0.2) is 5.43 Å². The molecule has 0 atom stereocenters. The fourth-order valence-electron chi connectivity index (χ4n) is 1.33. The number of amides is 1. The maximum absolute atomic E-state index is 11.6. The second-order valence-corrected chi connectivity index (χ2v) is 4.91. The summed E-state index contributed by atoms with van der Waals surface area (Å²) >= 11 is 2.23. The van der Waals surface area contributed by atoms with Crippen molar-refractivity contribution in [3.05, 3.63) is 57.1 Å². The van der Waals surface area contributed by atoms with Crippen LogP contribution in [0, 0.1) is 10.5 Å². The second kappa shape index (κ2) is 5.81. The number of benzene rings is 1. The summed E-state index contributed by atoms with van der Waals surface area (Å²) in [7, 11) is 0. The molecule has 0 spiro atoms. The van der Waals surface area contributed by atoms with Crippen molar-refractivity contribution < 1.29 is 9.21 Å². The molecule has 4 nitrogen and oxygen atoms in total. The van der Waals surface area contributed by atoms with E-state index in [0.29, 0.717) is 5.76 Å². The second-order valence-electron chi connectivity index (χ2n) is 3.66. The number of nitrogens with one attached hydrogen (secondary N) is 1. The van der Waals surface area contributed by atoms with Crippen LogP contribution in [0.5, 0.6) is 0 Å². The third-order valence-corrected chi connectivity index (χ3v) is 2.93. The first-order chi connectivity index (χ1) is 8.65. The van der Waals surface area contributed by atoms with Crippen LogP contribution >= 0.6 is 22.6 Å². The molecule has 1 aromatic heterocycles. The Kier molecular flexibility index (Phi) is 4.14. The summed E-state index contributed by atoms with van der Waals surface area (Å²) in [5.41, 5.74) is 3.33. The predicted octanol–water partition coefficient (Wildman–Crippen LogP) is 2.96. The van der Waals surface area contributed by atoms with Crippen molar-refractivity contribution in [2.75, 3.05) is 0 Å². The average Bonchev–Trinajstić information content (AvgIpc) is 2.78. The molecule has 0 bridgehead atoms. The molecular formula is C13H11IN2O2. The molecule has 0 aliphatic carbocycles. The Morgan fingerprint density at radius 2 is 2.00 bits per heavy atom. The molecule has 0 aliphatic rings. The summed E-state index contributed by atoms with van der Waals surface area (Å²) in [4.78, 5) is 11.6. The van der Waals surface area contributed by atoms with Crippen LogP contribution in [0.1, 0.15) is 21.9 Å². The third-order valence-electron chi connectivity index (χ3n) is 2.21. The largest absolute Gasteiger partial charge is 0.456 e. The number of hydrazone groups is 1. The van der Waals surface area contributed by atoms with Gasteiger partial charge in [-0.3, -0.25) is 4.79 Å². The van der Waals surface area contributed by atoms with E-state index < -0.39 is 0 Å². The zero-order valence-corrected chi connectivity index (χ0v) is 11.8. The summed E-state index contributed by atoms with van der Waals surface area (Å²) < 4.78 is 6.33. The molecule has 0 saturated carbocycles. The Morgan fingerprint density at radius 3 is 2.61 bits per heavy atom. The molecule has 18 heavy (non-hydrogen) atoms. The van der Waals surface area contributed by atoms with E-state index in [1.807, 2.05) is 24.3 Å². The lowest BCUT2D eigenvalue weighted by Gasteiger charge is -1.96. The van der Waals surface area contributed by atoms with Crippen LogP contribution in [-0.2, 0) is 0 Å². The van der Waals surface area contributed by atoms with Gasteiger partial charge in [0.25, 0.3) is 0 Å². The lowest BCUT2D eigenvalue weighted by Crippen LogP contribution is -2.16. The van der Waals surface area contributed by atoms with Gasteiger partial charge in [-0.15, -0.1) is 0 Å². The van der Waals surface area contributed by atoms with Crippen LogP contribution in [0.2, 0.25) is 0 Å². The molecule has 2 rings (SSSR count).